The van der Waals surface area contributed by atoms with Crippen molar-refractivity contribution in [1.29, 1.82) is 0 Å². The maximum absolute atomic E-state index is 13.2. The van der Waals surface area contributed by atoms with E-state index in [4.69, 9.17) is 9.47 Å². The van der Waals surface area contributed by atoms with Crippen LogP contribution in [0.4, 0.5) is 5.69 Å². The molecular formula is C30H41N3O5. The van der Waals surface area contributed by atoms with Crippen LogP contribution in [0.3, 0.4) is 0 Å². The van der Waals surface area contributed by atoms with Crippen molar-refractivity contribution in [2.45, 2.75) is 63.8 Å². The van der Waals surface area contributed by atoms with E-state index in [0.29, 0.717) is 63.2 Å². The van der Waals surface area contributed by atoms with Gasteiger partial charge in [0.2, 0.25) is 5.91 Å². The summed E-state index contributed by atoms with van der Waals surface area (Å²) in [5, 5.41) is 16.2. The lowest BCUT2D eigenvalue weighted by molar-refractivity contribution is -0.135. The minimum atomic E-state index is -0.270. The molecule has 206 valence electrons. The van der Waals surface area contributed by atoms with E-state index >= 15 is 0 Å². The average molecular weight is 524 g/mol. The van der Waals surface area contributed by atoms with Crippen molar-refractivity contribution >= 4 is 17.5 Å². The topological polar surface area (TPSA) is 100 Å². The minimum Gasteiger partial charge on any atom is -0.506 e. The molecule has 1 heterocycles. The molecule has 1 fully saturated rings. The van der Waals surface area contributed by atoms with E-state index in [1.165, 1.54) is 31.2 Å². The zero-order valence-corrected chi connectivity index (χ0v) is 22.3. The molecule has 0 radical (unpaired) electrons. The number of hydrogen-bond acceptors (Lipinski definition) is 6. The Hall–Kier alpha value is -3.10. The second-order valence-corrected chi connectivity index (χ2v) is 10.1. The third-order valence-electron chi connectivity index (χ3n) is 7.35. The van der Waals surface area contributed by atoms with E-state index in [9.17, 15) is 14.7 Å². The van der Waals surface area contributed by atoms with Crippen LogP contribution in [0.2, 0.25) is 0 Å². The Morgan fingerprint density at radius 2 is 1.82 bits per heavy atom. The van der Waals surface area contributed by atoms with Gasteiger partial charge in [0.05, 0.1) is 19.6 Å². The second kappa shape index (κ2) is 14.7. The van der Waals surface area contributed by atoms with Gasteiger partial charge in [-0.2, -0.15) is 0 Å². The molecule has 38 heavy (non-hydrogen) atoms. The predicted octanol–water partition coefficient (Wildman–Crippen LogP) is 4.06. The fraction of sp³-hybridized carbons (Fsp3) is 0.533. The molecule has 0 atom stereocenters. The van der Waals surface area contributed by atoms with Gasteiger partial charge in [-0.15, -0.1) is 0 Å². The Morgan fingerprint density at radius 1 is 1.03 bits per heavy atom. The molecule has 0 spiro atoms. The van der Waals surface area contributed by atoms with Gasteiger partial charge in [-0.05, 0) is 49.4 Å². The van der Waals surface area contributed by atoms with Crippen molar-refractivity contribution in [3.63, 3.8) is 0 Å². The summed E-state index contributed by atoms with van der Waals surface area (Å²) in [5.74, 6) is 0.448. The molecule has 1 saturated carbocycles. The van der Waals surface area contributed by atoms with Gasteiger partial charge in [0, 0.05) is 19.1 Å². The Kier molecular flexibility index (Phi) is 10.8. The number of fused-ring (bicyclic) bond motifs is 1. The zero-order valence-electron chi connectivity index (χ0n) is 22.3. The van der Waals surface area contributed by atoms with E-state index in [-0.39, 0.29) is 24.2 Å². The lowest BCUT2D eigenvalue weighted by Crippen LogP contribution is -2.44. The quantitative estimate of drug-likeness (QED) is 0.208. The molecule has 2 aromatic rings. The number of phenolic OH excluding ortho intramolecular Hbond substituents is 1. The molecule has 4 rings (SSSR count). The normalized spacial score (nSPS) is 15.7. The summed E-state index contributed by atoms with van der Waals surface area (Å²) >= 11 is 0. The summed E-state index contributed by atoms with van der Waals surface area (Å²) < 4.78 is 11.4. The van der Waals surface area contributed by atoms with Gasteiger partial charge >= 0.3 is 0 Å². The van der Waals surface area contributed by atoms with Crippen molar-refractivity contribution in [2.75, 3.05) is 44.8 Å². The minimum absolute atomic E-state index is 0.00589. The first-order chi connectivity index (χ1) is 18.6. The number of phenols is 1. The number of carbonyl (C=O) groups is 2. The van der Waals surface area contributed by atoms with Gasteiger partial charge in [0.15, 0.2) is 12.4 Å². The van der Waals surface area contributed by atoms with Crippen LogP contribution in [0.15, 0.2) is 42.5 Å². The molecule has 2 aromatic carbocycles. The number of benzene rings is 2. The molecule has 2 aliphatic rings. The van der Waals surface area contributed by atoms with E-state index in [0.717, 1.165) is 24.8 Å². The molecule has 0 saturated heterocycles. The molecule has 0 unspecified atom stereocenters. The van der Waals surface area contributed by atoms with Crippen LogP contribution in [0.25, 0.3) is 0 Å². The number of aromatic hydroxyl groups is 1. The highest BCUT2D eigenvalue weighted by atomic mass is 16.5. The number of amides is 2. The molecule has 1 aliphatic heterocycles. The summed E-state index contributed by atoms with van der Waals surface area (Å²) in [6.45, 7) is 3.10. The average Bonchev–Trinajstić information content (AvgIpc) is 3.22. The highest BCUT2D eigenvalue weighted by Crippen LogP contribution is 2.39. The summed E-state index contributed by atoms with van der Waals surface area (Å²) in [4.78, 5) is 26.9. The van der Waals surface area contributed by atoms with Gasteiger partial charge in [0.25, 0.3) is 5.91 Å². The fourth-order valence-corrected chi connectivity index (χ4v) is 5.28. The van der Waals surface area contributed by atoms with Gasteiger partial charge in [0.1, 0.15) is 11.4 Å². The number of carbonyl (C=O) groups excluding carboxylic acids is 2. The summed E-state index contributed by atoms with van der Waals surface area (Å²) in [6, 6.07) is 14.0. The lowest BCUT2D eigenvalue weighted by Gasteiger charge is -2.31. The van der Waals surface area contributed by atoms with Crippen molar-refractivity contribution in [2.24, 2.45) is 0 Å². The third-order valence-corrected chi connectivity index (χ3v) is 7.35. The summed E-state index contributed by atoms with van der Waals surface area (Å²) in [5.41, 5.74) is 2.51. The van der Waals surface area contributed by atoms with Gasteiger partial charge in [-0.1, -0.05) is 62.1 Å². The SMILES string of the molecule is O=C1COc2c(CCNCCN(C(=O)CCOCCc3ccccc3)C3CCCCCC3)ccc(O)c2N1. The standard InChI is InChI=1S/C30H41N3O5/c34-26-13-12-24(30-29(26)32-27(35)22-38-30)14-17-31-18-19-33(25-10-6-1-2-7-11-25)28(36)16-21-37-20-15-23-8-4-3-5-9-23/h3-5,8-9,12-13,25,31,34H,1-2,6-7,10-11,14-22H2,(H,32,35). The highest BCUT2D eigenvalue weighted by Gasteiger charge is 2.25. The van der Waals surface area contributed by atoms with Crippen LogP contribution in [0.5, 0.6) is 11.5 Å². The van der Waals surface area contributed by atoms with E-state index in [1.807, 2.05) is 24.3 Å². The molecule has 3 N–H and O–H groups in total. The molecule has 8 heteroatoms. The second-order valence-electron chi connectivity index (χ2n) is 10.1. The lowest BCUT2D eigenvalue weighted by atomic mass is 10.1. The van der Waals surface area contributed by atoms with Gasteiger partial charge < -0.3 is 30.1 Å². The Bertz CT molecular complexity index is 1040. The molecule has 0 aromatic heterocycles. The smallest absolute Gasteiger partial charge is 0.262 e. The van der Waals surface area contributed by atoms with Gasteiger partial charge in [-0.25, -0.2) is 0 Å². The molecule has 2 amide bonds. The van der Waals surface area contributed by atoms with Crippen LogP contribution in [0.1, 0.15) is 56.1 Å². The van der Waals surface area contributed by atoms with Crippen molar-refractivity contribution < 1.29 is 24.2 Å². The van der Waals surface area contributed by atoms with Crippen molar-refractivity contribution in [1.82, 2.24) is 10.2 Å². The predicted molar refractivity (Wildman–Crippen MR) is 148 cm³/mol. The molecule has 0 bridgehead atoms. The van der Waals surface area contributed by atoms with Crippen molar-refractivity contribution in [3.05, 3.63) is 53.6 Å². The van der Waals surface area contributed by atoms with Crippen molar-refractivity contribution in [3.8, 4) is 11.5 Å². The van der Waals surface area contributed by atoms with E-state index < -0.39 is 0 Å². The molecule has 8 nitrogen and oxygen atoms in total. The third kappa shape index (κ3) is 8.20. The maximum Gasteiger partial charge on any atom is 0.262 e. The first-order valence-electron chi connectivity index (χ1n) is 14.0. The molecular weight excluding hydrogens is 482 g/mol. The Balaban J connectivity index is 1.23. The number of ether oxygens (including phenoxy) is 2. The zero-order chi connectivity index (χ0) is 26.6. The number of nitrogens with one attached hydrogen (secondary N) is 2. The van der Waals surface area contributed by atoms with Crippen LogP contribution >= 0.6 is 0 Å². The first kappa shape index (κ1) is 27.9. The monoisotopic (exact) mass is 523 g/mol. The van der Waals surface area contributed by atoms with Crippen LogP contribution < -0.4 is 15.4 Å². The number of rotatable bonds is 13. The first-order valence-corrected chi connectivity index (χ1v) is 14.0. The van der Waals surface area contributed by atoms with Crippen LogP contribution in [0, 0.1) is 0 Å². The number of nitrogens with zero attached hydrogens (tertiary/aromatic N) is 1. The Labute approximate surface area is 225 Å². The largest absolute Gasteiger partial charge is 0.506 e. The summed E-state index contributed by atoms with van der Waals surface area (Å²) in [7, 11) is 0. The maximum atomic E-state index is 13.2. The van der Waals surface area contributed by atoms with Gasteiger partial charge in [-0.3, -0.25) is 9.59 Å². The fourth-order valence-electron chi connectivity index (χ4n) is 5.28. The highest BCUT2D eigenvalue weighted by molar-refractivity contribution is 5.97. The number of hydrogen-bond donors (Lipinski definition) is 3. The number of anilines is 1. The van der Waals surface area contributed by atoms with Crippen LogP contribution in [-0.2, 0) is 27.2 Å². The van der Waals surface area contributed by atoms with E-state index in [2.05, 4.69) is 27.7 Å². The van der Waals surface area contributed by atoms with Crippen LogP contribution in [-0.4, -0.2) is 67.3 Å². The van der Waals surface area contributed by atoms with E-state index in [1.54, 1.807) is 6.07 Å². The summed E-state index contributed by atoms with van der Waals surface area (Å²) in [6.07, 6.45) is 8.95. The Morgan fingerprint density at radius 3 is 2.61 bits per heavy atom. The molecule has 1 aliphatic carbocycles.